The van der Waals surface area contributed by atoms with E-state index in [1.807, 2.05) is 0 Å². The van der Waals surface area contributed by atoms with Crippen molar-refractivity contribution in [2.45, 2.75) is 13.8 Å². The first kappa shape index (κ1) is 16.9. The molecule has 10 heavy (non-hydrogen) atoms. The number of halogens is 1. The van der Waals surface area contributed by atoms with Crippen LogP contribution in [0.1, 0.15) is 13.8 Å². The van der Waals surface area contributed by atoms with E-state index in [-0.39, 0.29) is 48.3 Å². The summed E-state index contributed by atoms with van der Waals surface area (Å²) in [5.74, 6) is -0.470. The van der Waals surface area contributed by atoms with Crippen molar-refractivity contribution in [3.63, 3.8) is 0 Å². The van der Waals surface area contributed by atoms with Crippen molar-refractivity contribution in [1.29, 1.82) is 0 Å². The van der Waals surface area contributed by atoms with Crippen LogP contribution in [0.5, 0.6) is 0 Å². The summed E-state index contributed by atoms with van der Waals surface area (Å²) in [4.78, 5) is 10.5. The molecule has 0 aliphatic rings. The fourth-order valence-electron chi connectivity index (χ4n) is 0.285. The van der Waals surface area contributed by atoms with Gasteiger partial charge in [0.15, 0.2) is 0 Å². The zero-order valence-electron chi connectivity index (χ0n) is 6.39. The Hall–Kier alpha value is 0.573. The van der Waals surface area contributed by atoms with Gasteiger partial charge in [0, 0.05) is 0 Å². The molecule has 0 saturated heterocycles. The van der Waals surface area contributed by atoms with Gasteiger partial charge in [-0.2, -0.15) is 0 Å². The van der Waals surface area contributed by atoms with Crippen LogP contribution in [0.25, 0.3) is 0 Å². The van der Waals surface area contributed by atoms with E-state index in [2.05, 4.69) is 11.7 Å². The van der Waals surface area contributed by atoms with Gasteiger partial charge in [-0.3, -0.25) is 4.79 Å². The monoisotopic (exact) mass is 258 g/mol. The molecule has 0 heterocycles. The molecule has 0 fully saturated rings. The Morgan fingerprint density at radius 1 is 1.70 bits per heavy atom. The van der Waals surface area contributed by atoms with Crippen molar-refractivity contribution in [3.05, 3.63) is 6.92 Å². The maximum Gasteiger partial charge on any atom is 2.00 e. The molecule has 0 aromatic carbocycles. The molecule has 0 radical (unpaired) electrons. The van der Waals surface area contributed by atoms with Gasteiger partial charge in [0.25, 0.3) is 5.97 Å². The summed E-state index contributed by atoms with van der Waals surface area (Å²) in [6.45, 7) is 7.41. The Bertz CT molecular complexity index is 85.8. The normalized spacial score (nSPS) is 10.3. The molecule has 0 spiro atoms. The van der Waals surface area contributed by atoms with E-state index in [1.165, 1.54) is 0 Å². The summed E-state index contributed by atoms with van der Waals surface area (Å²) in [6.07, 6.45) is 0. The summed E-state index contributed by atoms with van der Waals surface area (Å²) >= 11 is 0. The van der Waals surface area contributed by atoms with Crippen LogP contribution in [0.4, 0.5) is 0 Å². The third-order valence-corrected chi connectivity index (χ3v) is 0.689. The average Bonchev–Trinajstić information content (AvgIpc) is 1.67. The molecule has 56 valence electrons. The predicted octanol–water partition coefficient (Wildman–Crippen LogP) is -1.98. The molecular formula is C6H11BrO2Zn. The minimum absolute atomic E-state index is 0. The van der Waals surface area contributed by atoms with Crippen molar-refractivity contribution in [1.82, 2.24) is 0 Å². The second-order valence-electron chi connectivity index (χ2n) is 1.65. The molecule has 1 atom stereocenters. The Labute approximate surface area is 85.2 Å². The summed E-state index contributed by atoms with van der Waals surface area (Å²) < 4.78 is 4.60. The smallest absolute Gasteiger partial charge is 1.00 e. The number of carbonyl (C=O) groups is 1. The van der Waals surface area contributed by atoms with Gasteiger partial charge >= 0.3 is 19.5 Å². The Morgan fingerprint density at radius 2 is 2.10 bits per heavy atom. The maximum atomic E-state index is 10.5. The second kappa shape index (κ2) is 9.57. The van der Waals surface area contributed by atoms with Gasteiger partial charge < -0.3 is 28.6 Å². The van der Waals surface area contributed by atoms with Gasteiger partial charge in [-0.25, -0.2) is 0 Å². The zero-order valence-corrected chi connectivity index (χ0v) is 10.9. The number of hydrogen-bond donors (Lipinski definition) is 0. The van der Waals surface area contributed by atoms with E-state index in [0.717, 1.165) is 0 Å². The molecule has 0 N–H and O–H groups in total. The third-order valence-electron chi connectivity index (χ3n) is 0.689. The van der Waals surface area contributed by atoms with Crippen LogP contribution in [-0.4, -0.2) is 12.6 Å². The number of hydrogen-bond acceptors (Lipinski definition) is 2. The van der Waals surface area contributed by atoms with Gasteiger partial charge in [0.05, 0.1) is 6.61 Å². The number of rotatable bonds is 2. The van der Waals surface area contributed by atoms with Gasteiger partial charge in [-0.15, -0.1) is 0 Å². The Kier molecular flexibility index (Phi) is 16.2. The topological polar surface area (TPSA) is 26.3 Å². The van der Waals surface area contributed by atoms with Crippen molar-refractivity contribution >= 4 is 5.97 Å². The van der Waals surface area contributed by atoms with Crippen LogP contribution in [0.2, 0.25) is 0 Å². The molecule has 0 aliphatic heterocycles. The fourth-order valence-corrected chi connectivity index (χ4v) is 0.285. The van der Waals surface area contributed by atoms with Crippen molar-refractivity contribution in [2.75, 3.05) is 6.61 Å². The summed E-state index contributed by atoms with van der Waals surface area (Å²) in [6, 6.07) is 0. The SMILES string of the molecule is [Br-].[CH2-][C@H](C)C(=O)OCC.[Zn+2]. The molecule has 0 bridgehead atoms. The predicted molar refractivity (Wildman–Crippen MR) is 31.2 cm³/mol. The van der Waals surface area contributed by atoms with Crippen LogP contribution in [0.3, 0.4) is 0 Å². The summed E-state index contributed by atoms with van der Waals surface area (Å²) in [5, 5.41) is 0. The first-order chi connectivity index (χ1) is 3.68. The van der Waals surface area contributed by atoms with E-state index in [0.29, 0.717) is 6.61 Å². The number of carbonyl (C=O) groups excluding carboxylic acids is 1. The third kappa shape index (κ3) is 8.57. The van der Waals surface area contributed by atoms with Crippen molar-refractivity contribution in [2.24, 2.45) is 5.92 Å². The summed E-state index contributed by atoms with van der Waals surface area (Å²) in [5.41, 5.74) is 0. The Morgan fingerprint density at radius 3 is 2.20 bits per heavy atom. The summed E-state index contributed by atoms with van der Waals surface area (Å²) in [7, 11) is 0. The minimum Gasteiger partial charge on any atom is -1.00 e. The standard InChI is InChI=1S/C6H11O2.BrH.Zn/c1-4-8-6(7)5(2)3;;/h5H,2,4H2,1,3H3;1H;/q-1;;+2/p-1/t5-;;/m1../s1. The first-order valence-electron chi connectivity index (χ1n) is 2.68. The largest absolute Gasteiger partial charge is 2.00 e. The van der Waals surface area contributed by atoms with E-state index in [9.17, 15) is 4.79 Å². The molecule has 0 amide bonds. The number of esters is 1. The van der Waals surface area contributed by atoms with Crippen LogP contribution in [0.15, 0.2) is 0 Å². The van der Waals surface area contributed by atoms with Gasteiger partial charge in [0.2, 0.25) is 0 Å². The van der Waals surface area contributed by atoms with E-state index >= 15 is 0 Å². The average molecular weight is 260 g/mol. The second-order valence-corrected chi connectivity index (χ2v) is 1.65. The van der Waals surface area contributed by atoms with Crippen molar-refractivity contribution in [3.8, 4) is 0 Å². The molecule has 0 rings (SSSR count). The molecule has 4 heteroatoms. The van der Waals surface area contributed by atoms with Gasteiger partial charge in [0.1, 0.15) is 0 Å². The van der Waals surface area contributed by atoms with Crippen LogP contribution in [0, 0.1) is 12.8 Å². The van der Waals surface area contributed by atoms with E-state index in [4.69, 9.17) is 0 Å². The van der Waals surface area contributed by atoms with E-state index < -0.39 is 0 Å². The Balaban J connectivity index is -0.000000245. The molecule has 0 unspecified atom stereocenters. The van der Waals surface area contributed by atoms with E-state index in [1.54, 1.807) is 13.8 Å². The molecule has 0 aromatic heterocycles. The first-order valence-corrected chi connectivity index (χ1v) is 2.68. The number of ether oxygens (including phenoxy) is 1. The van der Waals surface area contributed by atoms with Crippen molar-refractivity contribution < 1.29 is 46.0 Å². The molecule has 0 aromatic rings. The fraction of sp³-hybridized carbons (Fsp3) is 0.667. The molecule has 0 saturated carbocycles. The van der Waals surface area contributed by atoms with Crippen LogP contribution >= 0.6 is 0 Å². The molecular weight excluding hydrogens is 249 g/mol. The molecule has 0 aliphatic carbocycles. The quantitative estimate of drug-likeness (QED) is 0.327. The van der Waals surface area contributed by atoms with Crippen LogP contribution in [-0.2, 0) is 29.0 Å². The maximum absolute atomic E-state index is 10.5. The van der Waals surface area contributed by atoms with Gasteiger partial charge in [-0.05, 0) is 6.92 Å². The minimum atomic E-state index is -0.241. The molecule has 2 nitrogen and oxygen atoms in total. The van der Waals surface area contributed by atoms with Crippen LogP contribution < -0.4 is 17.0 Å². The zero-order chi connectivity index (χ0) is 6.57. The van der Waals surface area contributed by atoms with Gasteiger partial charge in [-0.1, -0.05) is 12.8 Å².